The Morgan fingerprint density at radius 3 is 2.56 bits per heavy atom. The van der Waals surface area contributed by atoms with Crippen LogP contribution in [-0.2, 0) is 0 Å². The first kappa shape index (κ1) is 13.8. The summed E-state index contributed by atoms with van der Waals surface area (Å²) in [7, 11) is 0. The molecular formula is C14H18BrCl. The minimum absolute atomic E-state index is 0.413. The third kappa shape index (κ3) is 4.71. The molecule has 1 aromatic rings. The van der Waals surface area contributed by atoms with Gasteiger partial charge >= 0.3 is 0 Å². The van der Waals surface area contributed by atoms with Gasteiger partial charge in [0.15, 0.2) is 0 Å². The average molecular weight is 302 g/mol. The van der Waals surface area contributed by atoms with Crippen molar-refractivity contribution in [1.82, 2.24) is 0 Å². The summed E-state index contributed by atoms with van der Waals surface area (Å²) in [5.74, 6) is 1.36. The summed E-state index contributed by atoms with van der Waals surface area (Å²) in [5, 5.41) is 0. The Morgan fingerprint density at radius 1 is 1.31 bits per heavy atom. The van der Waals surface area contributed by atoms with Crippen LogP contribution in [0.3, 0.4) is 0 Å². The monoisotopic (exact) mass is 300 g/mol. The molecule has 0 spiro atoms. The Balaban J connectivity index is 2.55. The molecule has 0 aliphatic heterocycles. The highest BCUT2D eigenvalue weighted by atomic mass is 79.9. The summed E-state index contributed by atoms with van der Waals surface area (Å²) in [4.78, 5) is 0.413. The smallest absolute Gasteiger partial charge is 0.0357 e. The fourth-order valence-electron chi connectivity index (χ4n) is 1.65. The van der Waals surface area contributed by atoms with Crippen LogP contribution >= 0.6 is 27.5 Å². The SMILES string of the molecule is CCC(CCCl)C(Br)/C=C/c1ccccc1. The van der Waals surface area contributed by atoms with E-state index in [1.54, 1.807) is 0 Å². The molecule has 0 aromatic heterocycles. The second-order valence-corrected chi connectivity index (χ2v) is 5.30. The van der Waals surface area contributed by atoms with Gasteiger partial charge in [0.25, 0.3) is 0 Å². The number of rotatable bonds is 6. The molecule has 0 radical (unpaired) electrons. The molecule has 0 aliphatic rings. The second kappa shape index (κ2) is 7.92. The molecule has 0 amide bonds. The van der Waals surface area contributed by atoms with Crippen molar-refractivity contribution >= 4 is 33.6 Å². The van der Waals surface area contributed by atoms with Gasteiger partial charge in [0, 0.05) is 10.7 Å². The average Bonchev–Trinajstić information content (AvgIpc) is 2.34. The predicted molar refractivity (Wildman–Crippen MR) is 77.3 cm³/mol. The minimum Gasteiger partial charge on any atom is -0.127 e. The van der Waals surface area contributed by atoms with Gasteiger partial charge in [-0.05, 0) is 17.9 Å². The zero-order chi connectivity index (χ0) is 11.8. The first-order chi connectivity index (χ1) is 7.77. The first-order valence-electron chi connectivity index (χ1n) is 5.71. The quantitative estimate of drug-likeness (QED) is 0.640. The maximum atomic E-state index is 5.79. The third-order valence-electron chi connectivity index (χ3n) is 2.73. The molecule has 16 heavy (non-hydrogen) atoms. The Bertz CT molecular complexity index is 308. The van der Waals surface area contributed by atoms with E-state index in [0.29, 0.717) is 10.7 Å². The number of hydrogen-bond donors (Lipinski definition) is 0. The van der Waals surface area contributed by atoms with E-state index in [4.69, 9.17) is 11.6 Å². The van der Waals surface area contributed by atoms with Crippen molar-refractivity contribution in [3.05, 3.63) is 42.0 Å². The van der Waals surface area contributed by atoms with Gasteiger partial charge in [-0.2, -0.15) is 0 Å². The summed E-state index contributed by atoms with van der Waals surface area (Å²) in [6.07, 6.45) is 6.60. The van der Waals surface area contributed by atoms with Gasteiger partial charge in [0.2, 0.25) is 0 Å². The van der Waals surface area contributed by atoms with Gasteiger partial charge in [-0.15, -0.1) is 11.6 Å². The molecule has 2 heteroatoms. The normalized spacial score (nSPS) is 15.2. The lowest BCUT2D eigenvalue weighted by Crippen LogP contribution is -2.11. The molecule has 2 atom stereocenters. The lowest BCUT2D eigenvalue weighted by Gasteiger charge is -2.16. The Labute approximate surface area is 112 Å². The van der Waals surface area contributed by atoms with Crippen molar-refractivity contribution in [3.63, 3.8) is 0 Å². The van der Waals surface area contributed by atoms with Crippen LogP contribution in [-0.4, -0.2) is 10.7 Å². The molecule has 0 saturated heterocycles. The predicted octanol–water partition coefficient (Wildman–Crippen LogP) is 5.12. The Morgan fingerprint density at radius 2 is 2.00 bits per heavy atom. The number of halogens is 2. The zero-order valence-electron chi connectivity index (χ0n) is 9.57. The maximum Gasteiger partial charge on any atom is 0.0357 e. The van der Waals surface area contributed by atoms with Crippen molar-refractivity contribution in [2.24, 2.45) is 5.92 Å². The number of hydrogen-bond acceptors (Lipinski definition) is 0. The van der Waals surface area contributed by atoms with Gasteiger partial charge < -0.3 is 0 Å². The van der Waals surface area contributed by atoms with E-state index in [0.717, 1.165) is 18.7 Å². The molecule has 0 fully saturated rings. The third-order valence-corrected chi connectivity index (χ3v) is 4.00. The molecule has 0 saturated carbocycles. The lowest BCUT2D eigenvalue weighted by atomic mass is 9.98. The standard InChI is InChI=1S/C14H18BrCl/c1-2-13(10-11-16)14(15)9-8-12-6-4-3-5-7-12/h3-9,13-14H,2,10-11H2,1H3/b9-8+. The first-order valence-corrected chi connectivity index (χ1v) is 7.16. The van der Waals surface area contributed by atoms with Gasteiger partial charge in [-0.3, -0.25) is 0 Å². The molecule has 88 valence electrons. The molecule has 0 heterocycles. The summed E-state index contributed by atoms with van der Waals surface area (Å²) in [6, 6.07) is 10.4. The van der Waals surface area contributed by atoms with Gasteiger partial charge in [0.05, 0.1) is 0 Å². The van der Waals surface area contributed by atoms with E-state index < -0.39 is 0 Å². The van der Waals surface area contributed by atoms with E-state index >= 15 is 0 Å². The van der Waals surface area contributed by atoms with Crippen molar-refractivity contribution < 1.29 is 0 Å². The molecule has 0 nitrogen and oxygen atoms in total. The van der Waals surface area contributed by atoms with Crippen molar-refractivity contribution in [2.45, 2.75) is 24.6 Å². The summed E-state index contributed by atoms with van der Waals surface area (Å²) < 4.78 is 0. The van der Waals surface area contributed by atoms with Crippen molar-refractivity contribution in [2.75, 3.05) is 5.88 Å². The number of allylic oxidation sites excluding steroid dienone is 1. The Kier molecular flexibility index (Phi) is 6.82. The van der Waals surface area contributed by atoms with Crippen LogP contribution in [0.5, 0.6) is 0 Å². The Hall–Kier alpha value is -0.270. The zero-order valence-corrected chi connectivity index (χ0v) is 11.9. The molecule has 1 aromatic carbocycles. The van der Waals surface area contributed by atoms with E-state index in [2.05, 4.69) is 59.3 Å². The minimum atomic E-state index is 0.413. The maximum absolute atomic E-state index is 5.79. The van der Waals surface area contributed by atoms with Crippen LogP contribution in [0.1, 0.15) is 25.3 Å². The van der Waals surface area contributed by atoms with E-state index in [-0.39, 0.29) is 0 Å². The summed E-state index contributed by atoms with van der Waals surface area (Å²) in [6.45, 7) is 2.21. The van der Waals surface area contributed by atoms with Gasteiger partial charge in [-0.25, -0.2) is 0 Å². The molecule has 0 bridgehead atoms. The summed E-state index contributed by atoms with van der Waals surface area (Å²) >= 11 is 9.51. The molecule has 0 N–H and O–H groups in total. The molecule has 2 unspecified atom stereocenters. The molecular weight excluding hydrogens is 284 g/mol. The second-order valence-electron chi connectivity index (χ2n) is 3.86. The van der Waals surface area contributed by atoms with Crippen LogP contribution in [0.4, 0.5) is 0 Å². The van der Waals surface area contributed by atoms with Gasteiger partial charge in [0.1, 0.15) is 0 Å². The number of benzene rings is 1. The van der Waals surface area contributed by atoms with Crippen LogP contribution < -0.4 is 0 Å². The fourth-order valence-corrected chi connectivity index (χ4v) is 2.72. The number of alkyl halides is 2. The van der Waals surface area contributed by atoms with E-state index in [9.17, 15) is 0 Å². The highest BCUT2D eigenvalue weighted by Gasteiger charge is 2.13. The van der Waals surface area contributed by atoms with E-state index in [1.807, 2.05) is 6.07 Å². The van der Waals surface area contributed by atoms with Crippen molar-refractivity contribution in [3.8, 4) is 0 Å². The molecule has 0 aliphatic carbocycles. The van der Waals surface area contributed by atoms with Crippen LogP contribution in [0.2, 0.25) is 0 Å². The largest absolute Gasteiger partial charge is 0.127 e. The summed E-state index contributed by atoms with van der Waals surface area (Å²) in [5.41, 5.74) is 1.24. The topological polar surface area (TPSA) is 0 Å². The van der Waals surface area contributed by atoms with Crippen molar-refractivity contribution in [1.29, 1.82) is 0 Å². The van der Waals surface area contributed by atoms with Crippen LogP contribution in [0.25, 0.3) is 6.08 Å². The highest BCUT2D eigenvalue weighted by Crippen LogP contribution is 2.23. The van der Waals surface area contributed by atoms with Crippen LogP contribution in [0, 0.1) is 5.92 Å². The molecule has 1 rings (SSSR count). The lowest BCUT2D eigenvalue weighted by molar-refractivity contribution is 0.518. The van der Waals surface area contributed by atoms with E-state index in [1.165, 1.54) is 5.56 Å². The highest BCUT2D eigenvalue weighted by molar-refractivity contribution is 9.09. The van der Waals surface area contributed by atoms with Gasteiger partial charge in [-0.1, -0.05) is 71.8 Å². The van der Waals surface area contributed by atoms with Crippen LogP contribution in [0.15, 0.2) is 36.4 Å². The fraction of sp³-hybridized carbons (Fsp3) is 0.429.